The molecule has 0 saturated heterocycles. The van der Waals surface area contributed by atoms with Gasteiger partial charge < -0.3 is 16.0 Å². The summed E-state index contributed by atoms with van der Waals surface area (Å²) in [5.74, 6) is 0.903. The minimum atomic E-state index is 0. The first-order valence-electron chi connectivity index (χ1n) is 7.02. The molecule has 0 spiro atoms. The summed E-state index contributed by atoms with van der Waals surface area (Å²) in [7, 11) is 0. The molecule has 0 heterocycles. The second kappa shape index (κ2) is 11.0. The van der Waals surface area contributed by atoms with Gasteiger partial charge in [0, 0.05) is 29.9 Å². The van der Waals surface area contributed by atoms with E-state index >= 15 is 0 Å². The lowest BCUT2D eigenvalue weighted by molar-refractivity contribution is 0.428. The average Bonchev–Trinajstić information content (AvgIpc) is 2.30. The van der Waals surface area contributed by atoms with Crippen LogP contribution in [0, 0.1) is 0 Å². The zero-order valence-electron chi connectivity index (χ0n) is 14.1. The quantitative estimate of drug-likeness (QED) is 0.259. The maximum absolute atomic E-state index is 4.64. The molecular formula is C14H33IN4S. The van der Waals surface area contributed by atoms with E-state index in [2.05, 4.69) is 68.7 Å². The van der Waals surface area contributed by atoms with Crippen LogP contribution in [0.15, 0.2) is 4.99 Å². The maximum atomic E-state index is 4.64. The first kappa shape index (κ1) is 22.6. The van der Waals surface area contributed by atoms with Crippen LogP contribution in [0.5, 0.6) is 0 Å². The normalized spacial score (nSPS) is 12.8. The van der Waals surface area contributed by atoms with Crippen LogP contribution in [0.2, 0.25) is 0 Å². The zero-order valence-corrected chi connectivity index (χ0v) is 17.2. The van der Waals surface area contributed by atoms with Gasteiger partial charge in [0.1, 0.15) is 0 Å². The zero-order chi connectivity index (χ0) is 14.9. The molecule has 0 aliphatic carbocycles. The summed E-state index contributed by atoms with van der Waals surface area (Å²) in [6.07, 6.45) is 2.13. The Morgan fingerprint density at radius 2 is 1.65 bits per heavy atom. The van der Waals surface area contributed by atoms with Gasteiger partial charge in [-0.05, 0) is 47.8 Å². The van der Waals surface area contributed by atoms with Crippen LogP contribution >= 0.6 is 35.7 Å². The molecule has 0 unspecified atom stereocenters. The molecule has 4 nitrogen and oxygen atoms in total. The van der Waals surface area contributed by atoms with Gasteiger partial charge in [-0.25, -0.2) is 0 Å². The third-order valence-corrected chi connectivity index (χ3v) is 3.82. The van der Waals surface area contributed by atoms with Gasteiger partial charge in [-0.1, -0.05) is 0 Å². The van der Waals surface area contributed by atoms with Gasteiger partial charge in [0.05, 0.1) is 6.54 Å². The summed E-state index contributed by atoms with van der Waals surface area (Å²) in [6, 6.07) is 0. The molecular weight excluding hydrogens is 383 g/mol. The summed E-state index contributed by atoms with van der Waals surface area (Å²) in [6.45, 7) is 16.5. The molecule has 20 heavy (non-hydrogen) atoms. The summed E-state index contributed by atoms with van der Waals surface area (Å²) < 4.78 is 0.187. The molecule has 122 valence electrons. The first-order chi connectivity index (χ1) is 8.70. The topological polar surface area (TPSA) is 48.5 Å². The van der Waals surface area contributed by atoms with E-state index in [0.29, 0.717) is 0 Å². The molecule has 0 amide bonds. The van der Waals surface area contributed by atoms with Crippen molar-refractivity contribution in [2.45, 2.75) is 51.8 Å². The molecule has 0 aliphatic rings. The summed E-state index contributed by atoms with van der Waals surface area (Å²) in [5.41, 5.74) is 0.165. The van der Waals surface area contributed by atoms with E-state index in [-0.39, 0.29) is 34.3 Å². The van der Waals surface area contributed by atoms with Crippen molar-refractivity contribution in [3.8, 4) is 0 Å². The smallest absolute Gasteiger partial charge is 0.191 e. The SMILES string of the molecule is CCNC(=NCC(C)(C)SC)NCCNC(C)(C)C.I. The standard InChI is InChI=1S/C14H32N4S.HI/c1-8-15-12(17-11-14(5,6)19-7)16-9-10-18-13(2,3)4;/h18H,8-11H2,1-7H3,(H2,15,16,17);1H. The van der Waals surface area contributed by atoms with Crippen LogP contribution in [0.3, 0.4) is 0 Å². The van der Waals surface area contributed by atoms with Gasteiger partial charge >= 0.3 is 0 Å². The maximum Gasteiger partial charge on any atom is 0.191 e. The molecule has 0 atom stereocenters. The van der Waals surface area contributed by atoms with Crippen molar-refractivity contribution in [1.82, 2.24) is 16.0 Å². The second-order valence-corrected chi connectivity index (χ2v) is 7.78. The predicted octanol–water partition coefficient (Wildman–Crippen LogP) is 2.69. The van der Waals surface area contributed by atoms with Crippen molar-refractivity contribution in [1.29, 1.82) is 0 Å². The molecule has 0 aromatic carbocycles. The van der Waals surface area contributed by atoms with E-state index in [4.69, 9.17) is 0 Å². The highest BCUT2D eigenvalue weighted by Crippen LogP contribution is 2.20. The molecule has 0 aromatic rings. The number of rotatable bonds is 7. The van der Waals surface area contributed by atoms with Crippen LogP contribution in [-0.4, -0.2) is 48.7 Å². The number of hydrogen-bond acceptors (Lipinski definition) is 3. The van der Waals surface area contributed by atoms with Gasteiger partial charge in [0.15, 0.2) is 5.96 Å². The fourth-order valence-corrected chi connectivity index (χ4v) is 1.49. The highest BCUT2D eigenvalue weighted by molar-refractivity contribution is 14.0. The number of guanidine groups is 1. The molecule has 6 heteroatoms. The van der Waals surface area contributed by atoms with Crippen molar-refractivity contribution in [2.24, 2.45) is 4.99 Å². The van der Waals surface area contributed by atoms with E-state index in [9.17, 15) is 0 Å². The Hall–Kier alpha value is 0.310. The largest absolute Gasteiger partial charge is 0.357 e. The van der Waals surface area contributed by atoms with Crippen LogP contribution in [-0.2, 0) is 0 Å². The third kappa shape index (κ3) is 13.3. The molecule has 3 N–H and O–H groups in total. The van der Waals surface area contributed by atoms with Gasteiger partial charge in [-0.2, -0.15) is 11.8 Å². The lowest BCUT2D eigenvalue weighted by atomic mass is 10.1. The molecule has 0 aromatic heterocycles. The van der Waals surface area contributed by atoms with Crippen LogP contribution < -0.4 is 16.0 Å². The van der Waals surface area contributed by atoms with E-state index in [1.165, 1.54) is 0 Å². The number of aliphatic imine (C=N–C) groups is 1. The van der Waals surface area contributed by atoms with E-state index in [1.807, 2.05) is 11.8 Å². The van der Waals surface area contributed by atoms with Gasteiger partial charge in [0.25, 0.3) is 0 Å². The van der Waals surface area contributed by atoms with Crippen molar-refractivity contribution >= 4 is 41.7 Å². The predicted molar refractivity (Wildman–Crippen MR) is 105 cm³/mol. The average molecular weight is 416 g/mol. The van der Waals surface area contributed by atoms with Crippen LogP contribution in [0.4, 0.5) is 0 Å². The molecule has 0 fully saturated rings. The Bertz CT molecular complexity index is 275. The molecule has 0 rings (SSSR count). The lowest BCUT2D eigenvalue weighted by Gasteiger charge is -2.22. The fraction of sp³-hybridized carbons (Fsp3) is 0.929. The van der Waals surface area contributed by atoms with E-state index in [0.717, 1.165) is 32.1 Å². The Kier molecular flexibility index (Phi) is 12.4. The highest BCUT2D eigenvalue weighted by Gasteiger charge is 2.15. The Morgan fingerprint density at radius 3 is 2.10 bits per heavy atom. The Morgan fingerprint density at radius 1 is 1.05 bits per heavy atom. The fourth-order valence-electron chi connectivity index (χ4n) is 1.29. The van der Waals surface area contributed by atoms with Crippen LogP contribution in [0.1, 0.15) is 41.5 Å². The molecule has 0 aliphatic heterocycles. The van der Waals surface area contributed by atoms with Crippen molar-refractivity contribution < 1.29 is 0 Å². The van der Waals surface area contributed by atoms with Gasteiger partial charge in [-0.3, -0.25) is 4.99 Å². The number of thioether (sulfide) groups is 1. The van der Waals surface area contributed by atoms with Crippen molar-refractivity contribution in [3.05, 3.63) is 0 Å². The van der Waals surface area contributed by atoms with Crippen molar-refractivity contribution in [2.75, 3.05) is 32.4 Å². The third-order valence-electron chi connectivity index (χ3n) is 2.59. The highest BCUT2D eigenvalue weighted by atomic mass is 127. The van der Waals surface area contributed by atoms with E-state index in [1.54, 1.807) is 0 Å². The number of nitrogens with one attached hydrogen (secondary N) is 3. The number of hydrogen-bond donors (Lipinski definition) is 3. The Labute approximate surface area is 146 Å². The summed E-state index contributed by atoms with van der Waals surface area (Å²) >= 11 is 1.84. The minimum Gasteiger partial charge on any atom is -0.357 e. The first-order valence-corrected chi connectivity index (χ1v) is 8.25. The lowest BCUT2D eigenvalue weighted by Crippen LogP contribution is -2.44. The van der Waals surface area contributed by atoms with E-state index < -0.39 is 0 Å². The number of halogens is 1. The number of nitrogens with zero attached hydrogens (tertiary/aromatic N) is 1. The Balaban J connectivity index is 0. The van der Waals surface area contributed by atoms with Crippen LogP contribution in [0.25, 0.3) is 0 Å². The monoisotopic (exact) mass is 416 g/mol. The summed E-state index contributed by atoms with van der Waals surface area (Å²) in [4.78, 5) is 4.64. The van der Waals surface area contributed by atoms with Crippen molar-refractivity contribution in [3.63, 3.8) is 0 Å². The van der Waals surface area contributed by atoms with Gasteiger partial charge in [0.2, 0.25) is 0 Å². The molecule has 0 bridgehead atoms. The summed E-state index contributed by atoms with van der Waals surface area (Å²) in [5, 5.41) is 10.1. The minimum absolute atomic E-state index is 0. The second-order valence-electron chi connectivity index (χ2n) is 6.26. The van der Waals surface area contributed by atoms with Gasteiger partial charge in [-0.15, -0.1) is 24.0 Å². The molecule has 0 radical (unpaired) electrons. The molecule has 0 saturated carbocycles.